The van der Waals surface area contributed by atoms with Crippen LogP contribution in [0, 0.1) is 0 Å². The molecule has 6 nitrogen and oxygen atoms in total. The number of amides is 1. The van der Waals surface area contributed by atoms with Crippen molar-refractivity contribution in [1.29, 1.82) is 0 Å². The molecule has 3 aromatic heterocycles. The van der Waals surface area contributed by atoms with E-state index in [0.29, 0.717) is 12.2 Å². The number of anilines is 1. The first-order valence-corrected chi connectivity index (χ1v) is 9.01. The number of fused-ring (bicyclic) bond motifs is 2. The van der Waals surface area contributed by atoms with Crippen molar-refractivity contribution in [3.63, 3.8) is 0 Å². The van der Waals surface area contributed by atoms with Crippen molar-refractivity contribution in [2.75, 3.05) is 5.32 Å². The van der Waals surface area contributed by atoms with Gasteiger partial charge in [-0.05, 0) is 29.8 Å². The van der Waals surface area contributed by atoms with Crippen molar-refractivity contribution in [1.82, 2.24) is 19.2 Å². The third-order valence-electron chi connectivity index (χ3n) is 4.76. The van der Waals surface area contributed by atoms with Crippen LogP contribution in [-0.4, -0.2) is 25.1 Å². The van der Waals surface area contributed by atoms with Gasteiger partial charge in [0, 0.05) is 11.6 Å². The topological polar surface area (TPSA) is 64.2 Å². The van der Waals surface area contributed by atoms with Crippen LogP contribution in [0.25, 0.3) is 16.6 Å². The largest absolute Gasteiger partial charge is 0.320 e. The molecule has 1 amide bonds. The van der Waals surface area contributed by atoms with Gasteiger partial charge in [-0.25, -0.2) is 4.98 Å². The van der Waals surface area contributed by atoms with E-state index in [1.165, 1.54) is 5.56 Å². The third-order valence-corrected chi connectivity index (χ3v) is 4.76. The summed E-state index contributed by atoms with van der Waals surface area (Å²) in [4.78, 5) is 17.1. The summed E-state index contributed by atoms with van der Waals surface area (Å²) in [5.41, 5.74) is 4.10. The van der Waals surface area contributed by atoms with Crippen molar-refractivity contribution in [3.05, 3.63) is 96.6 Å². The Labute approximate surface area is 161 Å². The van der Waals surface area contributed by atoms with Crippen LogP contribution in [0.15, 0.2) is 85.3 Å². The monoisotopic (exact) mass is 367 g/mol. The second-order valence-corrected chi connectivity index (χ2v) is 6.55. The lowest BCUT2D eigenvalue weighted by atomic mass is 10.2. The molecule has 0 atom stereocenters. The molecular formula is C22H17N5O. The Morgan fingerprint density at radius 1 is 0.929 bits per heavy atom. The highest BCUT2D eigenvalue weighted by atomic mass is 16.1. The molecule has 0 saturated carbocycles. The van der Waals surface area contributed by atoms with E-state index in [9.17, 15) is 4.79 Å². The number of carbonyl (C=O) groups is 1. The van der Waals surface area contributed by atoms with Gasteiger partial charge in [-0.1, -0.05) is 42.5 Å². The van der Waals surface area contributed by atoms with Crippen LogP contribution in [0.2, 0.25) is 0 Å². The molecule has 6 heteroatoms. The van der Waals surface area contributed by atoms with Gasteiger partial charge in [-0.2, -0.15) is 5.10 Å². The summed E-state index contributed by atoms with van der Waals surface area (Å²) in [7, 11) is 0. The maximum atomic E-state index is 12.8. The van der Waals surface area contributed by atoms with E-state index in [4.69, 9.17) is 0 Å². The van der Waals surface area contributed by atoms with Gasteiger partial charge >= 0.3 is 0 Å². The number of aromatic nitrogens is 4. The van der Waals surface area contributed by atoms with Crippen LogP contribution in [0.4, 0.5) is 5.69 Å². The van der Waals surface area contributed by atoms with E-state index in [0.717, 1.165) is 22.2 Å². The number of nitrogens with one attached hydrogen (secondary N) is 1. The Hall–Kier alpha value is -3.93. The lowest BCUT2D eigenvalue weighted by Crippen LogP contribution is -2.14. The standard InChI is InChI=1S/C22H17N5O/c28-22(20-14-23-21-11-4-5-12-26(20)21)25-18-9-6-10-19-17(18)13-24-27(19)15-16-7-2-1-3-8-16/h1-14H,15H2,(H,25,28). The van der Waals surface area contributed by atoms with Gasteiger partial charge in [0.15, 0.2) is 0 Å². The molecule has 0 fully saturated rings. The predicted octanol–water partition coefficient (Wildman–Crippen LogP) is 3.98. The minimum absolute atomic E-state index is 0.206. The lowest BCUT2D eigenvalue weighted by Gasteiger charge is -2.08. The fraction of sp³-hybridized carbons (Fsp3) is 0.0455. The minimum atomic E-state index is -0.206. The molecule has 0 aliphatic carbocycles. The second-order valence-electron chi connectivity index (χ2n) is 6.55. The molecule has 0 radical (unpaired) electrons. The quantitative estimate of drug-likeness (QED) is 0.522. The van der Waals surface area contributed by atoms with Gasteiger partial charge in [0.05, 0.1) is 30.1 Å². The average molecular weight is 367 g/mol. The fourth-order valence-corrected chi connectivity index (χ4v) is 3.38. The molecule has 3 heterocycles. The van der Waals surface area contributed by atoms with Gasteiger partial charge in [-0.15, -0.1) is 0 Å². The summed E-state index contributed by atoms with van der Waals surface area (Å²) in [6, 6.07) is 21.6. The Morgan fingerprint density at radius 3 is 2.68 bits per heavy atom. The highest BCUT2D eigenvalue weighted by Crippen LogP contribution is 2.24. The summed E-state index contributed by atoms with van der Waals surface area (Å²) in [5.74, 6) is -0.206. The summed E-state index contributed by atoms with van der Waals surface area (Å²) in [5, 5.41) is 8.43. The van der Waals surface area contributed by atoms with E-state index in [1.54, 1.807) is 16.8 Å². The molecule has 5 aromatic rings. The van der Waals surface area contributed by atoms with Crippen LogP contribution in [0.3, 0.4) is 0 Å². The Kier molecular flexibility index (Phi) is 3.87. The normalized spacial score (nSPS) is 11.1. The van der Waals surface area contributed by atoms with Gasteiger partial charge < -0.3 is 5.32 Å². The highest BCUT2D eigenvalue weighted by Gasteiger charge is 2.14. The number of nitrogens with zero attached hydrogens (tertiary/aromatic N) is 4. The molecule has 0 aliphatic rings. The molecule has 0 aliphatic heterocycles. The molecule has 2 aromatic carbocycles. The van der Waals surface area contributed by atoms with Gasteiger partial charge in [0.25, 0.3) is 5.91 Å². The molecule has 0 spiro atoms. The van der Waals surface area contributed by atoms with Crippen LogP contribution >= 0.6 is 0 Å². The van der Waals surface area contributed by atoms with E-state index < -0.39 is 0 Å². The van der Waals surface area contributed by atoms with E-state index >= 15 is 0 Å². The Bertz CT molecular complexity index is 1290. The number of hydrogen-bond acceptors (Lipinski definition) is 3. The van der Waals surface area contributed by atoms with Crippen LogP contribution in [0.5, 0.6) is 0 Å². The Balaban J connectivity index is 1.47. The molecule has 0 bridgehead atoms. The van der Waals surface area contributed by atoms with E-state index in [-0.39, 0.29) is 5.91 Å². The summed E-state index contributed by atoms with van der Waals surface area (Å²) in [6.45, 7) is 0.676. The average Bonchev–Trinajstić information content (AvgIpc) is 3.34. The first-order valence-electron chi connectivity index (χ1n) is 9.01. The third kappa shape index (κ3) is 2.81. The molecular weight excluding hydrogens is 350 g/mol. The van der Waals surface area contributed by atoms with Crippen LogP contribution in [0.1, 0.15) is 16.1 Å². The zero-order valence-corrected chi connectivity index (χ0v) is 15.0. The SMILES string of the molecule is O=C(Nc1cccc2c1cnn2Cc1ccccc1)c1cnc2ccccn12. The lowest BCUT2D eigenvalue weighted by molar-refractivity contribution is 0.102. The fourth-order valence-electron chi connectivity index (χ4n) is 3.38. The molecule has 0 unspecified atom stereocenters. The minimum Gasteiger partial charge on any atom is -0.320 e. The summed E-state index contributed by atoms with van der Waals surface area (Å²) in [6.07, 6.45) is 5.21. The van der Waals surface area contributed by atoms with E-state index in [1.807, 2.05) is 65.5 Å². The maximum absolute atomic E-state index is 12.8. The maximum Gasteiger partial charge on any atom is 0.274 e. The molecule has 28 heavy (non-hydrogen) atoms. The van der Waals surface area contributed by atoms with Gasteiger partial charge in [0.1, 0.15) is 11.3 Å². The predicted molar refractivity (Wildman–Crippen MR) is 108 cm³/mol. The van der Waals surface area contributed by atoms with E-state index in [2.05, 4.69) is 27.5 Å². The van der Waals surface area contributed by atoms with Crippen molar-refractivity contribution < 1.29 is 4.79 Å². The molecule has 0 saturated heterocycles. The highest BCUT2D eigenvalue weighted by molar-refractivity contribution is 6.08. The second kappa shape index (κ2) is 6.66. The number of imidazole rings is 1. The zero-order valence-electron chi connectivity index (χ0n) is 15.0. The summed E-state index contributed by atoms with van der Waals surface area (Å²) >= 11 is 0. The van der Waals surface area contributed by atoms with Crippen LogP contribution in [-0.2, 0) is 6.54 Å². The smallest absolute Gasteiger partial charge is 0.274 e. The number of hydrogen-bond donors (Lipinski definition) is 1. The summed E-state index contributed by atoms with van der Waals surface area (Å²) < 4.78 is 3.71. The first kappa shape index (κ1) is 16.3. The van der Waals surface area contributed by atoms with Crippen molar-refractivity contribution >= 4 is 28.1 Å². The number of pyridine rings is 1. The number of benzene rings is 2. The zero-order chi connectivity index (χ0) is 18.9. The first-order chi connectivity index (χ1) is 13.8. The molecule has 136 valence electrons. The van der Waals surface area contributed by atoms with Crippen LogP contribution < -0.4 is 5.32 Å². The molecule has 1 N–H and O–H groups in total. The van der Waals surface area contributed by atoms with Crippen molar-refractivity contribution in [3.8, 4) is 0 Å². The molecule has 5 rings (SSSR count). The number of carbonyl (C=O) groups excluding carboxylic acids is 1. The van der Waals surface area contributed by atoms with Gasteiger partial charge in [0.2, 0.25) is 0 Å². The van der Waals surface area contributed by atoms with Gasteiger partial charge in [-0.3, -0.25) is 13.9 Å². The number of rotatable bonds is 4. The Morgan fingerprint density at radius 2 is 1.79 bits per heavy atom. The van der Waals surface area contributed by atoms with Crippen molar-refractivity contribution in [2.45, 2.75) is 6.54 Å². The van der Waals surface area contributed by atoms with Crippen molar-refractivity contribution in [2.24, 2.45) is 0 Å².